The second kappa shape index (κ2) is 5.64. The fourth-order valence-electron chi connectivity index (χ4n) is 1.83. The molecule has 1 rings (SSSR count). The van der Waals surface area contributed by atoms with Gasteiger partial charge in [0.2, 0.25) is 0 Å². The lowest BCUT2D eigenvalue weighted by Gasteiger charge is -2.05. The Morgan fingerprint density at radius 2 is 2.00 bits per heavy atom. The van der Waals surface area contributed by atoms with E-state index in [-0.39, 0.29) is 11.5 Å². The summed E-state index contributed by atoms with van der Waals surface area (Å²) in [5.74, 6) is 0.329. The zero-order valence-electron chi connectivity index (χ0n) is 10.7. The van der Waals surface area contributed by atoms with Crippen LogP contribution in [0.5, 0.6) is 0 Å². The molecule has 0 bridgehead atoms. The molecule has 17 heavy (non-hydrogen) atoms. The third-order valence-electron chi connectivity index (χ3n) is 2.98. The normalized spacial score (nSPS) is 12.0. The maximum absolute atomic E-state index is 11.4. The second-order valence-corrected chi connectivity index (χ2v) is 6.62. The van der Waals surface area contributed by atoms with Crippen LogP contribution in [0, 0.1) is 13.8 Å². The minimum Gasteiger partial charge on any atom is -0.330 e. The first-order valence-electron chi connectivity index (χ1n) is 5.84. The van der Waals surface area contributed by atoms with E-state index in [0.717, 1.165) is 23.4 Å². The second-order valence-electron chi connectivity index (χ2n) is 4.15. The van der Waals surface area contributed by atoms with Crippen LogP contribution in [0.25, 0.3) is 0 Å². The Morgan fingerprint density at radius 1 is 1.35 bits per heavy atom. The largest absolute Gasteiger partial charge is 0.330 e. The summed E-state index contributed by atoms with van der Waals surface area (Å²) < 4.78 is 24.7. The third kappa shape index (κ3) is 3.54. The maximum atomic E-state index is 11.4. The van der Waals surface area contributed by atoms with E-state index in [1.807, 2.05) is 13.8 Å². The summed E-state index contributed by atoms with van der Waals surface area (Å²) in [6, 6.07) is 0. The average Bonchev–Trinajstić information content (AvgIpc) is 2.55. The van der Waals surface area contributed by atoms with Crippen LogP contribution in [0.1, 0.15) is 23.9 Å². The minimum absolute atomic E-state index is 0.146. The molecule has 1 heterocycles. The summed E-state index contributed by atoms with van der Waals surface area (Å²) in [6.07, 6.45) is 0.790. The van der Waals surface area contributed by atoms with Gasteiger partial charge in [-0.15, -0.1) is 0 Å². The predicted molar refractivity (Wildman–Crippen MR) is 68.8 cm³/mol. The molecule has 0 aromatic carbocycles. The number of sulfone groups is 1. The van der Waals surface area contributed by atoms with Gasteiger partial charge in [0.1, 0.15) is 0 Å². The van der Waals surface area contributed by atoms with Gasteiger partial charge in [0, 0.05) is 11.4 Å². The van der Waals surface area contributed by atoms with Crippen molar-refractivity contribution < 1.29 is 8.42 Å². The number of rotatable bonds is 6. The molecular formula is C11H21N3O2S. The van der Waals surface area contributed by atoms with Crippen LogP contribution in [-0.4, -0.2) is 36.2 Å². The first kappa shape index (κ1) is 14.2. The Morgan fingerprint density at radius 3 is 2.53 bits per heavy atom. The molecule has 0 amide bonds. The molecule has 1 aromatic heterocycles. The van der Waals surface area contributed by atoms with Crippen molar-refractivity contribution in [3.63, 3.8) is 0 Å². The van der Waals surface area contributed by atoms with Crippen molar-refractivity contribution in [2.75, 3.05) is 18.1 Å². The zero-order chi connectivity index (χ0) is 13.1. The Kier molecular flexibility index (Phi) is 4.70. The number of nitrogens with two attached hydrogens (primary N) is 1. The van der Waals surface area contributed by atoms with Gasteiger partial charge in [-0.05, 0) is 32.4 Å². The van der Waals surface area contributed by atoms with Crippen molar-refractivity contribution in [2.45, 2.75) is 33.7 Å². The van der Waals surface area contributed by atoms with E-state index in [1.54, 1.807) is 11.6 Å². The van der Waals surface area contributed by atoms with Crippen molar-refractivity contribution >= 4 is 9.84 Å². The van der Waals surface area contributed by atoms with Crippen LogP contribution in [0.4, 0.5) is 0 Å². The summed E-state index contributed by atoms with van der Waals surface area (Å²) in [5.41, 5.74) is 8.65. The van der Waals surface area contributed by atoms with Crippen molar-refractivity contribution in [1.82, 2.24) is 9.78 Å². The molecule has 5 nitrogen and oxygen atoms in total. The van der Waals surface area contributed by atoms with Gasteiger partial charge in [0.25, 0.3) is 0 Å². The highest BCUT2D eigenvalue weighted by atomic mass is 32.2. The number of hydrogen-bond donors (Lipinski definition) is 1. The average molecular weight is 259 g/mol. The lowest BCUT2D eigenvalue weighted by atomic mass is 10.1. The molecule has 0 spiro atoms. The van der Waals surface area contributed by atoms with Crippen molar-refractivity contribution in [3.05, 3.63) is 17.0 Å². The van der Waals surface area contributed by atoms with Crippen LogP contribution >= 0.6 is 0 Å². The lowest BCUT2D eigenvalue weighted by Crippen LogP contribution is -2.16. The van der Waals surface area contributed by atoms with Gasteiger partial charge in [0.15, 0.2) is 9.84 Å². The smallest absolute Gasteiger partial charge is 0.151 e. The number of nitrogens with zero attached hydrogens (tertiary/aromatic N) is 2. The molecule has 0 atom stereocenters. The highest BCUT2D eigenvalue weighted by Gasteiger charge is 2.13. The molecule has 2 N–H and O–H groups in total. The van der Waals surface area contributed by atoms with Crippen LogP contribution in [-0.2, 0) is 22.8 Å². The SMILES string of the molecule is CCS(=O)(=O)CCn1nc(C)c(CCN)c1C. The van der Waals surface area contributed by atoms with E-state index in [2.05, 4.69) is 5.10 Å². The number of aromatic nitrogens is 2. The van der Waals surface area contributed by atoms with Crippen LogP contribution in [0.2, 0.25) is 0 Å². The molecule has 0 fully saturated rings. The van der Waals surface area contributed by atoms with E-state index in [1.165, 1.54) is 0 Å². The van der Waals surface area contributed by atoms with Gasteiger partial charge in [-0.2, -0.15) is 5.10 Å². The molecule has 0 saturated carbocycles. The van der Waals surface area contributed by atoms with Gasteiger partial charge >= 0.3 is 0 Å². The Bertz CT molecular complexity index is 477. The molecule has 0 aliphatic rings. The fourth-order valence-corrected chi connectivity index (χ4v) is 2.57. The summed E-state index contributed by atoms with van der Waals surface area (Å²) >= 11 is 0. The van der Waals surface area contributed by atoms with Gasteiger partial charge < -0.3 is 5.73 Å². The van der Waals surface area contributed by atoms with Crippen molar-refractivity contribution in [2.24, 2.45) is 5.73 Å². The van der Waals surface area contributed by atoms with Gasteiger partial charge in [-0.3, -0.25) is 4.68 Å². The fraction of sp³-hybridized carbons (Fsp3) is 0.727. The Labute approximate surface area is 103 Å². The molecule has 1 aromatic rings. The monoisotopic (exact) mass is 259 g/mol. The maximum Gasteiger partial charge on any atom is 0.151 e. The molecule has 0 saturated heterocycles. The molecular weight excluding hydrogens is 238 g/mol. The third-order valence-corrected chi connectivity index (χ3v) is 4.66. The highest BCUT2D eigenvalue weighted by Crippen LogP contribution is 2.13. The highest BCUT2D eigenvalue weighted by molar-refractivity contribution is 7.91. The number of hydrogen-bond acceptors (Lipinski definition) is 4. The van der Waals surface area contributed by atoms with Gasteiger partial charge in [-0.25, -0.2) is 8.42 Å². The van der Waals surface area contributed by atoms with E-state index in [0.29, 0.717) is 13.1 Å². The summed E-state index contributed by atoms with van der Waals surface area (Å²) in [4.78, 5) is 0. The molecule has 6 heteroatoms. The van der Waals surface area contributed by atoms with E-state index in [9.17, 15) is 8.42 Å². The van der Waals surface area contributed by atoms with Gasteiger partial charge in [-0.1, -0.05) is 6.92 Å². The Balaban J connectivity index is 2.83. The lowest BCUT2D eigenvalue weighted by molar-refractivity contribution is 0.577. The topological polar surface area (TPSA) is 78.0 Å². The summed E-state index contributed by atoms with van der Waals surface area (Å²) in [5, 5.41) is 4.36. The number of aryl methyl sites for hydroxylation is 2. The van der Waals surface area contributed by atoms with E-state index >= 15 is 0 Å². The standard InChI is InChI=1S/C11H21N3O2S/c1-4-17(15,16)8-7-14-10(3)11(5-6-12)9(2)13-14/h4-8,12H2,1-3H3. The van der Waals surface area contributed by atoms with Crippen LogP contribution in [0.3, 0.4) is 0 Å². The van der Waals surface area contributed by atoms with E-state index < -0.39 is 9.84 Å². The molecule has 0 aliphatic carbocycles. The predicted octanol–water partition coefficient (Wildman–Crippen LogP) is 0.436. The zero-order valence-corrected chi connectivity index (χ0v) is 11.5. The van der Waals surface area contributed by atoms with E-state index in [4.69, 9.17) is 5.73 Å². The van der Waals surface area contributed by atoms with Crippen LogP contribution in [0.15, 0.2) is 0 Å². The quantitative estimate of drug-likeness (QED) is 0.804. The van der Waals surface area contributed by atoms with Crippen molar-refractivity contribution in [1.29, 1.82) is 0 Å². The van der Waals surface area contributed by atoms with Gasteiger partial charge in [0.05, 0.1) is 18.0 Å². The summed E-state index contributed by atoms with van der Waals surface area (Å²) in [6.45, 7) is 6.57. The summed E-state index contributed by atoms with van der Waals surface area (Å²) in [7, 11) is -2.94. The molecule has 98 valence electrons. The Hall–Kier alpha value is -0.880. The van der Waals surface area contributed by atoms with Crippen molar-refractivity contribution in [3.8, 4) is 0 Å². The first-order chi connectivity index (χ1) is 7.91. The molecule has 0 aliphatic heterocycles. The van der Waals surface area contributed by atoms with Crippen LogP contribution < -0.4 is 5.73 Å². The first-order valence-corrected chi connectivity index (χ1v) is 7.66. The molecule has 0 radical (unpaired) electrons. The molecule has 0 unspecified atom stereocenters. The minimum atomic E-state index is -2.94.